The molecule has 1 atom stereocenters. The Morgan fingerprint density at radius 3 is 2.26 bits per heavy atom. The van der Waals surface area contributed by atoms with Crippen LogP contribution in [0.3, 0.4) is 0 Å². The van der Waals surface area contributed by atoms with Gasteiger partial charge in [0, 0.05) is 36.1 Å². The number of carbonyl (C=O) groups excluding carboxylic acids is 1. The maximum atomic E-state index is 14.8. The van der Waals surface area contributed by atoms with Crippen molar-refractivity contribution in [2.45, 2.75) is 12.6 Å². The molecule has 178 valence electrons. The molecule has 3 rings (SSSR count). The number of rotatable bonds is 11. The number of halogens is 2. The highest BCUT2D eigenvalue weighted by molar-refractivity contribution is 6.21. The number of hydrogen-bond acceptors (Lipinski definition) is 5. The summed E-state index contributed by atoms with van der Waals surface area (Å²) >= 11 is 6.19. The van der Waals surface area contributed by atoms with E-state index in [1.165, 1.54) is 19.2 Å². The van der Waals surface area contributed by atoms with Crippen molar-refractivity contribution in [3.05, 3.63) is 95.3 Å². The predicted octanol–water partition coefficient (Wildman–Crippen LogP) is 4.44. The first-order chi connectivity index (χ1) is 16.4. The van der Waals surface area contributed by atoms with E-state index in [1.54, 1.807) is 30.3 Å². The summed E-state index contributed by atoms with van der Waals surface area (Å²) in [5.74, 6) is -0.319. The van der Waals surface area contributed by atoms with Gasteiger partial charge < -0.3 is 19.9 Å². The van der Waals surface area contributed by atoms with Gasteiger partial charge in [-0.25, -0.2) is 8.81 Å². The average molecular weight is 486 g/mol. The van der Waals surface area contributed by atoms with Gasteiger partial charge in [0.25, 0.3) is 5.91 Å². The van der Waals surface area contributed by atoms with Gasteiger partial charge in [-0.2, -0.15) is 0 Å². The van der Waals surface area contributed by atoms with Crippen LogP contribution in [0.2, 0.25) is 0 Å². The maximum Gasteiger partial charge on any atom is 0.271 e. The fraction of sp³-hybridized carbons (Fsp3) is 0.200. The van der Waals surface area contributed by atoms with E-state index in [-0.39, 0.29) is 24.6 Å². The molecular formula is C25H25ClFN3O4. The summed E-state index contributed by atoms with van der Waals surface area (Å²) in [6, 6.07) is 20.2. The summed E-state index contributed by atoms with van der Waals surface area (Å²) in [5.41, 5.74) is 6.75. The van der Waals surface area contributed by atoms with Gasteiger partial charge in [-0.1, -0.05) is 42.5 Å². The number of nitrogens with one attached hydrogen (secondary N) is 1. The molecule has 9 heteroatoms. The summed E-state index contributed by atoms with van der Waals surface area (Å²) in [6.07, 6.45) is -1.23. The smallest absolute Gasteiger partial charge is 0.271 e. The molecule has 1 amide bonds. The Bertz CT molecular complexity index is 1110. The third-order valence-corrected chi connectivity index (χ3v) is 5.19. The molecule has 0 aliphatic heterocycles. The third kappa shape index (κ3) is 6.69. The Kier molecular flexibility index (Phi) is 8.84. The van der Waals surface area contributed by atoms with Crippen LogP contribution in [0.5, 0.6) is 11.5 Å². The Hall–Kier alpha value is -3.62. The fourth-order valence-corrected chi connectivity index (χ4v) is 3.39. The number of methoxy groups -OCH3 is 1. The number of carbonyl (C=O) groups is 1. The van der Waals surface area contributed by atoms with Crippen LogP contribution < -0.4 is 15.2 Å². The van der Waals surface area contributed by atoms with Crippen LogP contribution in [0.15, 0.2) is 72.8 Å². The standard InChI is InChI=1S/C25H25ClFN3O4/c1-32-23(25(31)30(26)16-17-7-9-18(10-8-17)24(28)29)21-12-11-20(15-22(21)27)34-14-13-33-19-5-3-2-4-6-19/h2-12,15,23H,13-14,16H2,1H3,(H3,28,29). The molecule has 34 heavy (non-hydrogen) atoms. The number of amides is 1. The van der Waals surface area contributed by atoms with Crippen molar-refractivity contribution in [2.75, 3.05) is 20.3 Å². The summed E-state index contributed by atoms with van der Waals surface area (Å²) in [4.78, 5) is 12.8. The lowest BCUT2D eigenvalue weighted by Crippen LogP contribution is -2.29. The van der Waals surface area contributed by atoms with Crippen LogP contribution in [0.4, 0.5) is 4.39 Å². The highest BCUT2D eigenvalue weighted by Gasteiger charge is 2.28. The van der Waals surface area contributed by atoms with Gasteiger partial charge in [-0.3, -0.25) is 10.2 Å². The van der Waals surface area contributed by atoms with Crippen molar-refractivity contribution in [1.82, 2.24) is 4.42 Å². The van der Waals surface area contributed by atoms with Crippen molar-refractivity contribution in [3.8, 4) is 11.5 Å². The van der Waals surface area contributed by atoms with Crippen molar-refractivity contribution in [2.24, 2.45) is 5.73 Å². The number of nitrogens with two attached hydrogens (primary N) is 1. The first-order valence-corrected chi connectivity index (χ1v) is 10.8. The molecule has 1 unspecified atom stereocenters. The van der Waals surface area contributed by atoms with Crippen molar-refractivity contribution < 1.29 is 23.4 Å². The first kappa shape index (κ1) is 25.0. The van der Waals surface area contributed by atoms with E-state index in [0.717, 1.165) is 10.2 Å². The predicted molar refractivity (Wildman–Crippen MR) is 127 cm³/mol. The highest BCUT2D eigenvalue weighted by Crippen LogP contribution is 2.27. The number of benzene rings is 3. The third-order valence-electron chi connectivity index (χ3n) is 4.90. The van der Waals surface area contributed by atoms with Gasteiger partial charge in [0.15, 0.2) is 6.10 Å². The zero-order valence-corrected chi connectivity index (χ0v) is 19.3. The van der Waals surface area contributed by atoms with Gasteiger partial charge in [-0.05, 0) is 29.8 Å². The van der Waals surface area contributed by atoms with Crippen LogP contribution in [0.1, 0.15) is 22.8 Å². The number of ether oxygens (including phenoxy) is 3. The minimum absolute atomic E-state index is 0.0398. The van der Waals surface area contributed by atoms with E-state index in [4.69, 9.17) is 37.1 Å². The highest BCUT2D eigenvalue weighted by atomic mass is 35.5. The Balaban J connectivity index is 1.58. The van der Waals surface area contributed by atoms with E-state index >= 15 is 0 Å². The van der Waals surface area contributed by atoms with Gasteiger partial charge in [0.2, 0.25) is 0 Å². The molecule has 0 saturated carbocycles. The topological polar surface area (TPSA) is 97.9 Å². The summed E-state index contributed by atoms with van der Waals surface area (Å²) in [5, 5.41) is 7.43. The molecule has 7 nitrogen and oxygen atoms in total. The van der Waals surface area contributed by atoms with Crippen molar-refractivity contribution >= 4 is 23.5 Å². The molecule has 3 N–H and O–H groups in total. The average Bonchev–Trinajstić information content (AvgIpc) is 2.84. The molecule has 0 spiro atoms. The summed E-state index contributed by atoms with van der Waals surface area (Å²) in [7, 11) is 1.31. The van der Waals surface area contributed by atoms with Gasteiger partial charge in [0.05, 0.1) is 6.54 Å². The normalized spacial score (nSPS) is 11.5. The maximum absolute atomic E-state index is 14.8. The van der Waals surface area contributed by atoms with E-state index in [9.17, 15) is 9.18 Å². The largest absolute Gasteiger partial charge is 0.490 e. The molecule has 0 heterocycles. The number of para-hydroxylation sites is 1. The van der Waals surface area contributed by atoms with Crippen LogP contribution in [0, 0.1) is 11.2 Å². The molecule has 0 aromatic heterocycles. The Morgan fingerprint density at radius 1 is 1.03 bits per heavy atom. The number of hydrogen-bond donors (Lipinski definition) is 2. The molecule has 0 aliphatic carbocycles. The second-order valence-corrected chi connectivity index (χ2v) is 7.69. The first-order valence-electron chi connectivity index (χ1n) is 10.4. The van der Waals surface area contributed by atoms with Crippen molar-refractivity contribution in [1.29, 1.82) is 5.41 Å². The van der Waals surface area contributed by atoms with Gasteiger partial charge in [0.1, 0.15) is 36.4 Å². The number of amidine groups is 1. The zero-order chi connectivity index (χ0) is 24.5. The number of nitrogens with zero attached hydrogens (tertiary/aromatic N) is 1. The minimum Gasteiger partial charge on any atom is -0.490 e. The molecule has 3 aromatic rings. The Morgan fingerprint density at radius 2 is 1.68 bits per heavy atom. The van der Waals surface area contributed by atoms with Crippen LogP contribution in [-0.2, 0) is 16.1 Å². The molecule has 0 fully saturated rings. The SMILES string of the molecule is COC(C(=O)N(Cl)Cc1ccc(C(=N)N)cc1)c1ccc(OCCOc2ccccc2)cc1F. The summed E-state index contributed by atoms with van der Waals surface area (Å²) in [6.45, 7) is 0.571. The molecule has 0 saturated heterocycles. The molecular weight excluding hydrogens is 461 g/mol. The van der Waals surface area contributed by atoms with E-state index in [0.29, 0.717) is 23.5 Å². The lowest BCUT2D eigenvalue weighted by molar-refractivity contribution is -0.138. The fourth-order valence-electron chi connectivity index (χ4n) is 3.16. The van der Waals surface area contributed by atoms with E-state index in [1.807, 2.05) is 30.3 Å². The lowest BCUT2D eigenvalue weighted by atomic mass is 10.1. The quantitative estimate of drug-likeness (QED) is 0.181. The van der Waals surface area contributed by atoms with Gasteiger partial charge >= 0.3 is 0 Å². The van der Waals surface area contributed by atoms with Crippen LogP contribution in [-0.4, -0.2) is 36.5 Å². The molecule has 0 aliphatic rings. The molecule has 3 aromatic carbocycles. The van der Waals surface area contributed by atoms with E-state index < -0.39 is 17.8 Å². The Labute approximate surface area is 202 Å². The molecule has 0 radical (unpaired) electrons. The second-order valence-electron chi connectivity index (χ2n) is 7.28. The lowest BCUT2D eigenvalue weighted by Gasteiger charge is -2.21. The van der Waals surface area contributed by atoms with Gasteiger partial charge in [-0.15, -0.1) is 0 Å². The molecule has 0 bridgehead atoms. The minimum atomic E-state index is -1.23. The van der Waals surface area contributed by atoms with Crippen LogP contribution in [0.25, 0.3) is 0 Å². The summed E-state index contributed by atoms with van der Waals surface area (Å²) < 4.78 is 32.1. The zero-order valence-electron chi connectivity index (χ0n) is 18.5. The monoisotopic (exact) mass is 485 g/mol. The second kappa shape index (κ2) is 12.0. The number of nitrogen functional groups attached to an aromatic ring is 1. The van der Waals surface area contributed by atoms with Crippen molar-refractivity contribution in [3.63, 3.8) is 0 Å². The van der Waals surface area contributed by atoms with E-state index in [2.05, 4.69) is 0 Å². The van der Waals surface area contributed by atoms with Crippen LogP contribution >= 0.6 is 11.8 Å².